The summed E-state index contributed by atoms with van der Waals surface area (Å²) in [5, 5.41) is 0. The van der Waals surface area contributed by atoms with Crippen LogP contribution in [-0.4, -0.2) is 19.0 Å². The van der Waals surface area contributed by atoms with Gasteiger partial charge in [0.15, 0.2) is 5.79 Å². The number of unbranched alkanes of at least 4 members (excludes halogenated alkanes) is 4. The molecular weight excluding hydrogens is 284 g/mol. The lowest BCUT2D eigenvalue weighted by atomic mass is 9.97. The lowest BCUT2D eigenvalue weighted by molar-refractivity contribution is -0.266. The Hall–Kier alpha value is -0.860. The van der Waals surface area contributed by atoms with Gasteiger partial charge in [-0.25, -0.2) is 0 Å². The first-order valence-electron chi connectivity index (χ1n) is 9.53. The van der Waals surface area contributed by atoms with Crippen LogP contribution in [0.5, 0.6) is 0 Å². The summed E-state index contributed by atoms with van der Waals surface area (Å²) in [6, 6.07) is 8.99. The van der Waals surface area contributed by atoms with Crippen molar-refractivity contribution in [3.63, 3.8) is 0 Å². The molecule has 23 heavy (non-hydrogen) atoms. The summed E-state index contributed by atoms with van der Waals surface area (Å²) in [4.78, 5) is 0. The van der Waals surface area contributed by atoms with Crippen LogP contribution in [0.3, 0.4) is 0 Å². The monoisotopic (exact) mass is 318 g/mol. The van der Waals surface area contributed by atoms with Gasteiger partial charge in [-0.2, -0.15) is 0 Å². The number of aryl methyl sites for hydroxylation is 1. The van der Waals surface area contributed by atoms with Gasteiger partial charge in [-0.05, 0) is 30.9 Å². The smallest absolute Gasteiger partial charge is 0.165 e. The van der Waals surface area contributed by atoms with Crippen LogP contribution in [0.1, 0.15) is 82.8 Å². The van der Waals surface area contributed by atoms with Crippen LogP contribution in [0.25, 0.3) is 0 Å². The summed E-state index contributed by atoms with van der Waals surface area (Å²) in [7, 11) is 0. The summed E-state index contributed by atoms with van der Waals surface area (Å²) >= 11 is 0. The molecule has 0 radical (unpaired) electrons. The van der Waals surface area contributed by atoms with Crippen LogP contribution in [-0.2, 0) is 15.9 Å². The third-order valence-corrected chi connectivity index (χ3v) is 4.90. The molecule has 1 aliphatic heterocycles. The maximum absolute atomic E-state index is 6.09. The minimum Gasteiger partial charge on any atom is -0.350 e. The normalized spacial score (nSPS) is 24.7. The Balaban J connectivity index is 1.76. The largest absolute Gasteiger partial charge is 0.350 e. The molecule has 0 bridgehead atoms. The van der Waals surface area contributed by atoms with E-state index in [0.717, 1.165) is 26.1 Å². The second-order valence-corrected chi connectivity index (χ2v) is 7.11. The van der Waals surface area contributed by atoms with Crippen molar-refractivity contribution in [2.75, 3.05) is 13.2 Å². The first-order valence-corrected chi connectivity index (χ1v) is 9.53. The van der Waals surface area contributed by atoms with Gasteiger partial charge in [0, 0.05) is 12.3 Å². The van der Waals surface area contributed by atoms with E-state index < -0.39 is 0 Å². The molecule has 0 aliphatic carbocycles. The summed E-state index contributed by atoms with van der Waals surface area (Å²) in [5.41, 5.74) is 2.76. The Kier molecular flexibility index (Phi) is 7.58. The van der Waals surface area contributed by atoms with Gasteiger partial charge in [-0.15, -0.1) is 0 Å². The predicted octanol–water partition coefficient (Wildman–Crippen LogP) is 5.85. The minimum atomic E-state index is -0.370. The molecule has 2 heteroatoms. The maximum atomic E-state index is 6.09. The number of rotatable bonds is 9. The van der Waals surface area contributed by atoms with E-state index in [4.69, 9.17) is 9.47 Å². The van der Waals surface area contributed by atoms with Gasteiger partial charge in [-0.1, -0.05) is 70.2 Å². The van der Waals surface area contributed by atoms with E-state index in [1.807, 2.05) is 0 Å². The van der Waals surface area contributed by atoms with Crippen LogP contribution in [0.4, 0.5) is 0 Å². The van der Waals surface area contributed by atoms with E-state index in [1.165, 1.54) is 49.7 Å². The summed E-state index contributed by atoms with van der Waals surface area (Å²) in [6.07, 6.45) is 9.83. The SMILES string of the molecule is CCCCCCCC1(C)OCC(c2ccc(CCC)cc2)CO1. The van der Waals surface area contributed by atoms with Gasteiger partial charge in [0.1, 0.15) is 0 Å². The fourth-order valence-electron chi connectivity index (χ4n) is 3.28. The molecule has 0 spiro atoms. The van der Waals surface area contributed by atoms with Gasteiger partial charge in [0.25, 0.3) is 0 Å². The third-order valence-electron chi connectivity index (χ3n) is 4.90. The fourth-order valence-corrected chi connectivity index (χ4v) is 3.28. The Morgan fingerprint density at radius 2 is 1.57 bits per heavy atom. The van der Waals surface area contributed by atoms with Crippen molar-refractivity contribution in [3.05, 3.63) is 35.4 Å². The molecular formula is C21H34O2. The molecule has 130 valence electrons. The van der Waals surface area contributed by atoms with Crippen LogP contribution in [0, 0.1) is 0 Å². The lowest BCUT2D eigenvalue weighted by Crippen LogP contribution is -2.40. The zero-order valence-corrected chi connectivity index (χ0v) is 15.3. The molecule has 1 saturated heterocycles. The molecule has 2 nitrogen and oxygen atoms in total. The van der Waals surface area contributed by atoms with E-state index in [2.05, 4.69) is 45.0 Å². The van der Waals surface area contributed by atoms with Crippen molar-refractivity contribution in [1.29, 1.82) is 0 Å². The molecule has 0 unspecified atom stereocenters. The standard InChI is InChI=1S/C21H34O2/c1-4-6-7-8-9-15-21(3)22-16-20(17-23-21)19-13-11-18(10-5-2)12-14-19/h11-14,20H,4-10,15-17H2,1-3H3. The first-order chi connectivity index (χ1) is 11.2. The zero-order valence-electron chi connectivity index (χ0n) is 15.3. The number of benzene rings is 1. The van der Waals surface area contributed by atoms with Crippen molar-refractivity contribution in [3.8, 4) is 0 Å². The zero-order chi connectivity index (χ0) is 16.5. The minimum absolute atomic E-state index is 0.370. The Morgan fingerprint density at radius 3 is 2.17 bits per heavy atom. The van der Waals surface area contributed by atoms with Crippen LogP contribution in [0.2, 0.25) is 0 Å². The highest BCUT2D eigenvalue weighted by atomic mass is 16.7. The summed E-state index contributed by atoms with van der Waals surface area (Å²) in [6.45, 7) is 8.13. The van der Waals surface area contributed by atoms with Crippen molar-refractivity contribution in [2.24, 2.45) is 0 Å². The second-order valence-electron chi connectivity index (χ2n) is 7.11. The second kappa shape index (κ2) is 9.44. The summed E-state index contributed by atoms with van der Waals surface area (Å²) in [5.74, 6) is 0.00376. The van der Waals surface area contributed by atoms with Gasteiger partial charge in [-0.3, -0.25) is 0 Å². The maximum Gasteiger partial charge on any atom is 0.165 e. The predicted molar refractivity (Wildman–Crippen MR) is 96.9 cm³/mol. The topological polar surface area (TPSA) is 18.5 Å². The van der Waals surface area contributed by atoms with E-state index in [-0.39, 0.29) is 5.79 Å². The third kappa shape index (κ3) is 5.93. The highest BCUT2D eigenvalue weighted by Gasteiger charge is 2.32. The van der Waals surface area contributed by atoms with Crippen LogP contribution >= 0.6 is 0 Å². The molecule has 1 aromatic carbocycles. The molecule has 0 saturated carbocycles. The van der Waals surface area contributed by atoms with Gasteiger partial charge in [0.2, 0.25) is 0 Å². The van der Waals surface area contributed by atoms with Crippen molar-refractivity contribution >= 4 is 0 Å². The van der Waals surface area contributed by atoms with Crippen molar-refractivity contribution in [2.45, 2.75) is 83.8 Å². The molecule has 1 heterocycles. The van der Waals surface area contributed by atoms with Crippen LogP contribution in [0.15, 0.2) is 24.3 Å². The molecule has 2 rings (SSSR count). The Labute approximate surface area is 142 Å². The molecule has 0 aromatic heterocycles. The Morgan fingerprint density at radius 1 is 0.913 bits per heavy atom. The highest BCUT2D eigenvalue weighted by Crippen LogP contribution is 2.31. The average molecular weight is 319 g/mol. The van der Waals surface area contributed by atoms with E-state index in [0.29, 0.717) is 5.92 Å². The quantitative estimate of drug-likeness (QED) is 0.532. The fraction of sp³-hybridized carbons (Fsp3) is 0.714. The number of ether oxygens (including phenoxy) is 2. The van der Waals surface area contributed by atoms with E-state index in [9.17, 15) is 0 Å². The molecule has 0 N–H and O–H groups in total. The van der Waals surface area contributed by atoms with E-state index in [1.54, 1.807) is 0 Å². The summed E-state index contributed by atoms with van der Waals surface area (Å²) < 4.78 is 12.2. The Bertz CT molecular complexity index is 430. The molecule has 1 aromatic rings. The molecule has 0 amide bonds. The average Bonchev–Trinajstić information content (AvgIpc) is 2.57. The van der Waals surface area contributed by atoms with Crippen molar-refractivity contribution in [1.82, 2.24) is 0 Å². The highest BCUT2D eigenvalue weighted by molar-refractivity contribution is 5.26. The van der Waals surface area contributed by atoms with Crippen molar-refractivity contribution < 1.29 is 9.47 Å². The number of hydrogen-bond acceptors (Lipinski definition) is 2. The van der Waals surface area contributed by atoms with Gasteiger partial charge in [0.05, 0.1) is 13.2 Å². The first kappa shape index (κ1) is 18.5. The van der Waals surface area contributed by atoms with E-state index >= 15 is 0 Å². The molecule has 1 aliphatic rings. The van der Waals surface area contributed by atoms with Gasteiger partial charge >= 0.3 is 0 Å². The van der Waals surface area contributed by atoms with Crippen LogP contribution < -0.4 is 0 Å². The van der Waals surface area contributed by atoms with Gasteiger partial charge < -0.3 is 9.47 Å². The molecule has 1 fully saturated rings. The lowest BCUT2D eigenvalue weighted by Gasteiger charge is -2.38. The number of hydrogen-bond donors (Lipinski definition) is 0. The molecule has 0 atom stereocenters.